The van der Waals surface area contributed by atoms with Crippen molar-refractivity contribution in [2.75, 3.05) is 6.54 Å². The molecule has 3 heterocycles. The Morgan fingerprint density at radius 3 is 2.82 bits per heavy atom. The Labute approximate surface area is 127 Å². The fourth-order valence-electron chi connectivity index (χ4n) is 2.49. The van der Waals surface area contributed by atoms with E-state index in [0.29, 0.717) is 25.3 Å². The van der Waals surface area contributed by atoms with E-state index in [-0.39, 0.29) is 12.1 Å². The summed E-state index contributed by atoms with van der Waals surface area (Å²) in [7, 11) is 0. The highest BCUT2D eigenvalue weighted by Crippen LogP contribution is 2.30. The maximum Gasteiger partial charge on any atom is 0.449 e. The number of aromatic carboxylic acids is 1. The molecule has 118 valence electrons. The second-order valence-corrected chi connectivity index (χ2v) is 6.04. The third-order valence-corrected chi connectivity index (χ3v) is 4.42. The summed E-state index contributed by atoms with van der Waals surface area (Å²) in [5.41, 5.74) is 0.759. The van der Waals surface area contributed by atoms with E-state index >= 15 is 0 Å². The van der Waals surface area contributed by atoms with Crippen LogP contribution in [0.5, 0.6) is 0 Å². The fourth-order valence-corrected chi connectivity index (χ4v) is 3.39. The Kier molecular flexibility index (Phi) is 3.69. The molecule has 0 saturated heterocycles. The van der Waals surface area contributed by atoms with Crippen molar-refractivity contribution in [3.63, 3.8) is 0 Å². The molecule has 0 atom stereocenters. The summed E-state index contributed by atoms with van der Waals surface area (Å²) in [5.74, 6) is -1.83. The molecule has 2 aromatic heterocycles. The number of carbonyl (C=O) groups is 1. The van der Waals surface area contributed by atoms with Crippen molar-refractivity contribution >= 4 is 17.3 Å². The van der Waals surface area contributed by atoms with E-state index < -0.39 is 18.0 Å². The number of rotatable bonds is 3. The Morgan fingerprint density at radius 1 is 1.41 bits per heavy atom. The van der Waals surface area contributed by atoms with Crippen molar-refractivity contribution in [2.45, 2.75) is 25.8 Å². The van der Waals surface area contributed by atoms with Gasteiger partial charge in [-0.1, -0.05) is 0 Å². The molecule has 0 radical (unpaired) electrons. The summed E-state index contributed by atoms with van der Waals surface area (Å²) in [6.07, 6.45) is -3.18. The van der Waals surface area contributed by atoms with Crippen LogP contribution < -0.4 is 0 Å². The van der Waals surface area contributed by atoms with Gasteiger partial charge in [-0.3, -0.25) is 4.90 Å². The number of thiophene rings is 1. The highest BCUT2D eigenvalue weighted by molar-refractivity contribution is 7.10. The molecule has 1 N–H and O–H groups in total. The predicted molar refractivity (Wildman–Crippen MR) is 72.6 cm³/mol. The van der Waals surface area contributed by atoms with Crippen molar-refractivity contribution in [2.24, 2.45) is 0 Å². The molecule has 22 heavy (non-hydrogen) atoms. The topological polar surface area (TPSA) is 58.4 Å². The molecule has 0 aromatic carbocycles. The standard InChI is InChI=1S/C13H12F3N3O2S/c14-13(15,16)12-17-4-9-5-18(1-2-19(9)12)6-10-3-8(7-22-10)11(20)21/h3-4,7H,1-2,5-6H2,(H,20,21). The van der Waals surface area contributed by atoms with Gasteiger partial charge in [-0.2, -0.15) is 13.2 Å². The van der Waals surface area contributed by atoms with Crippen LogP contribution in [-0.4, -0.2) is 32.1 Å². The number of aromatic nitrogens is 2. The van der Waals surface area contributed by atoms with Gasteiger partial charge in [0.1, 0.15) is 0 Å². The summed E-state index contributed by atoms with van der Waals surface area (Å²) in [5, 5.41) is 10.5. The quantitative estimate of drug-likeness (QED) is 0.939. The monoisotopic (exact) mass is 331 g/mol. The second kappa shape index (κ2) is 5.40. The fraction of sp³-hybridized carbons (Fsp3) is 0.385. The minimum absolute atomic E-state index is 0.224. The average Bonchev–Trinajstić information content (AvgIpc) is 3.03. The Bertz CT molecular complexity index is 708. The lowest BCUT2D eigenvalue weighted by atomic mass is 10.2. The SMILES string of the molecule is O=C(O)c1csc(CN2CCn3c(cnc3C(F)(F)F)C2)c1. The number of alkyl halides is 3. The van der Waals surface area contributed by atoms with E-state index in [1.165, 1.54) is 22.1 Å². The third-order valence-electron chi connectivity index (χ3n) is 3.50. The van der Waals surface area contributed by atoms with E-state index in [1.54, 1.807) is 11.4 Å². The third kappa shape index (κ3) is 2.86. The maximum atomic E-state index is 12.8. The summed E-state index contributed by atoms with van der Waals surface area (Å²) in [6.45, 7) is 1.57. The molecule has 0 spiro atoms. The lowest BCUT2D eigenvalue weighted by Gasteiger charge is -2.28. The number of hydrogen-bond donors (Lipinski definition) is 1. The second-order valence-electron chi connectivity index (χ2n) is 5.04. The van der Waals surface area contributed by atoms with Gasteiger partial charge in [0.05, 0.1) is 17.5 Å². The van der Waals surface area contributed by atoms with Crippen molar-refractivity contribution in [3.05, 3.63) is 39.6 Å². The lowest BCUT2D eigenvalue weighted by Crippen LogP contribution is -2.34. The van der Waals surface area contributed by atoms with Crippen LogP contribution in [0.25, 0.3) is 0 Å². The van der Waals surface area contributed by atoms with Gasteiger partial charge >= 0.3 is 12.1 Å². The predicted octanol–water partition coefficient (Wildman–Crippen LogP) is 2.68. The van der Waals surface area contributed by atoms with Crippen LogP contribution in [0.15, 0.2) is 17.6 Å². The van der Waals surface area contributed by atoms with Crippen LogP contribution in [0.3, 0.4) is 0 Å². The van der Waals surface area contributed by atoms with E-state index in [9.17, 15) is 18.0 Å². The Balaban J connectivity index is 1.72. The van der Waals surface area contributed by atoms with Crippen molar-refractivity contribution < 1.29 is 23.1 Å². The average molecular weight is 331 g/mol. The normalized spacial score (nSPS) is 15.8. The number of imidazole rings is 1. The first kappa shape index (κ1) is 15.0. The van der Waals surface area contributed by atoms with Gasteiger partial charge in [-0.25, -0.2) is 9.78 Å². The van der Waals surface area contributed by atoms with Crippen molar-refractivity contribution in [3.8, 4) is 0 Å². The minimum Gasteiger partial charge on any atom is -0.478 e. The number of nitrogens with zero attached hydrogens (tertiary/aromatic N) is 3. The smallest absolute Gasteiger partial charge is 0.449 e. The molecule has 9 heteroatoms. The van der Waals surface area contributed by atoms with E-state index in [2.05, 4.69) is 4.98 Å². The Morgan fingerprint density at radius 2 is 2.18 bits per heavy atom. The first-order valence-electron chi connectivity index (χ1n) is 6.49. The molecule has 0 saturated carbocycles. The van der Waals surface area contributed by atoms with E-state index in [4.69, 9.17) is 5.11 Å². The Hall–Kier alpha value is -1.87. The molecule has 0 fully saturated rings. The number of carboxylic acid groups (broad SMARTS) is 1. The molecule has 1 aliphatic heterocycles. The first-order valence-corrected chi connectivity index (χ1v) is 7.37. The summed E-state index contributed by atoms with van der Waals surface area (Å²) in [4.78, 5) is 17.2. The zero-order valence-corrected chi connectivity index (χ0v) is 12.1. The van der Waals surface area contributed by atoms with Crippen LogP contribution in [-0.2, 0) is 25.8 Å². The summed E-state index contributed by atoms with van der Waals surface area (Å²) >= 11 is 1.34. The summed E-state index contributed by atoms with van der Waals surface area (Å²) < 4.78 is 39.5. The van der Waals surface area contributed by atoms with Gasteiger partial charge in [0, 0.05) is 36.4 Å². The molecule has 0 amide bonds. The highest BCUT2D eigenvalue weighted by atomic mass is 32.1. The van der Waals surface area contributed by atoms with Gasteiger partial charge in [0.15, 0.2) is 0 Å². The molecular formula is C13H12F3N3O2S. The number of carboxylic acids is 1. The van der Waals surface area contributed by atoms with Crippen molar-refractivity contribution in [1.82, 2.24) is 14.5 Å². The molecular weight excluding hydrogens is 319 g/mol. The van der Waals surface area contributed by atoms with Gasteiger partial charge in [-0.05, 0) is 6.07 Å². The van der Waals surface area contributed by atoms with Gasteiger partial charge < -0.3 is 9.67 Å². The zero-order chi connectivity index (χ0) is 15.9. The van der Waals surface area contributed by atoms with Crippen LogP contribution in [0.2, 0.25) is 0 Å². The molecule has 5 nitrogen and oxygen atoms in total. The van der Waals surface area contributed by atoms with Crippen LogP contribution in [0, 0.1) is 0 Å². The minimum atomic E-state index is -4.44. The van der Waals surface area contributed by atoms with E-state index in [1.807, 2.05) is 4.90 Å². The number of halogens is 3. The molecule has 3 rings (SSSR count). The first-order chi connectivity index (χ1) is 10.3. The molecule has 0 unspecified atom stereocenters. The highest BCUT2D eigenvalue weighted by Gasteiger charge is 2.38. The van der Waals surface area contributed by atoms with Gasteiger partial charge in [0.2, 0.25) is 5.82 Å². The van der Waals surface area contributed by atoms with E-state index in [0.717, 1.165) is 4.88 Å². The largest absolute Gasteiger partial charge is 0.478 e. The molecule has 0 bridgehead atoms. The van der Waals surface area contributed by atoms with Gasteiger partial charge in [-0.15, -0.1) is 11.3 Å². The van der Waals surface area contributed by atoms with Crippen LogP contribution in [0.1, 0.15) is 26.8 Å². The van der Waals surface area contributed by atoms with Crippen LogP contribution >= 0.6 is 11.3 Å². The van der Waals surface area contributed by atoms with Gasteiger partial charge in [0.25, 0.3) is 0 Å². The zero-order valence-electron chi connectivity index (χ0n) is 11.3. The molecule has 1 aliphatic rings. The van der Waals surface area contributed by atoms with Crippen molar-refractivity contribution in [1.29, 1.82) is 0 Å². The van der Waals surface area contributed by atoms with Crippen LogP contribution in [0.4, 0.5) is 13.2 Å². The number of hydrogen-bond acceptors (Lipinski definition) is 4. The summed E-state index contributed by atoms with van der Waals surface area (Å²) in [6, 6.07) is 1.60. The lowest BCUT2D eigenvalue weighted by molar-refractivity contribution is -0.147. The molecule has 2 aromatic rings. The number of fused-ring (bicyclic) bond motifs is 1. The maximum absolute atomic E-state index is 12.8. The molecule has 0 aliphatic carbocycles.